The Bertz CT molecular complexity index is 450. The molecule has 3 amide bonds. The highest BCUT2D eigenvalue weighted by Crippen LogP contribution is 2.30. The smallest absolute Gasteiger partial charge is 0.245 e. The van der Waals surface area contributed by atoms with Gasteiger partial charge in [0.1, 0.15) is 5.54 Å². The minimum Gasteiger partial charge on any atom is -0.359 e. The first-order valence-corrected chi connectivity index (χ1v) is 8.78. The molecule has 2 rings (SSSR count). The van der Waals surface area contributed by atoms with Crippen molar-refractivity contribution in [3.05, 3.63) is 0 Å². The Morgan fingerprint density at radius 2 is 1.57 bits per heavy atom. The van der Waals surface area contributed by atoms with Crippen LogP contribution in [0.5, 0.6) is 0 Å². The summed E-state index contributed by atoms with van der Waals surface area (Å²) < 4.78 is 0. The third-order valence-corrected chi connectivity index (χ3v) is 5.24. The molecule has 0 heterocycles. The topological polar surface area (TPSA) is 87.3 Å². The fourth-order valence-electron chi connectivity index (χ4n) is 3.93. The molecule has 130 valence electrons. The zero-order chi connectivity index (χ0) is 16.9. The van der Waals surface area contributed by atoms with Gasteiger partial charge in [0.15, 0.2) is 0 Å². The van der Waals surface area contributed by atoms with E-state index in [1.807, 2.05) is 0 Å². The molecule has 0 aliphatic heterocycles. The Labute approximate surface area is 138 Å². The van der Waals surface area contributed by atoms with Gasteiger partial charge < -0.3 is 16.0 Å². The highest BCUT2D eigenvalue weighted by Gasteiger charge is 2.41. The van der Waals surface area contributed by atoms with Crippen LogP contribution in [0.4, 0.5) is 0 Å². The molecule has 0 aromatic rings. The molecule has 0 bridgehead atoms. The number of hydrogen-bond donors (Lipinski definition) is 3. The van der Waals surface area contributed by atoms with Crippen molar-refractivity contribution >= 4 is 17.7 Å². The summed E-state index contributed by atoms with van der Waals surface area (Å²) in [6.45, 7) is 1.47. The highest BCUT2D eigenvalue weighted by molar-refractivity contribution is 5.91. The molecule has 3 N–H and O–H groups in total. The van der Waals surface area contributed by atoms with Gasteiger partial charge in [-0.3, -0.25) is 14.4 Å². The summed E-state index contributed by atoms with van der Waals surface area (Å²) in [6.07, 6.45) is 7.73. The Hall–Kier alpha value is -1.59. The van der Waals surface area contributed by atoms with Gasteiger partial charge in [0.2, 0.25) is 17.7 Å². The molecule has 0 saturated heterocycles. The normalized spacial score (nSPS) is 26.9. The van der Waals surface area contributed by atoms with Crippen molar-refractivity contribution in [1.29, 1.82) is 0 Å². The maximum atomic E-state index is 12.8. The fraction of sp³-hybridized carbons (Fsp3) is 0.824. The Balaban J connectivity index is 1.92. The third kappa shape index (κ3) is 4.45. The van der Waals surface area contributed by atoms with E-state index in [2.05, 4.69) is 16.0 Å². The van der Waals surface area contributed by atoms with E-state index in [4.69, 9.17) is 0 Å². The average molecular weight is 323 g/mol. The Morgan fingerprint density at radius 1 is 0.957 bits per heavy atom. The monoisotopic (exact) mass is 323 g/mol. The minimum absolute atomic E-state index is 0.0456. The molecule has 0 spiro atoms. The molecule has 0 aromatic carbocycles. The van der Waals surface area contributed by atoms with Gasteiger partial charge >= 0.3 is 0 Å². The zero-order valence-corrected chi connectivity index (χ0v) is 14.2. The molecule has 2 aliphatic carbocycles. The van der Waals surface area contributed by atoms with Gasteiger partial charge in [-0.15, -0.1) is 0 Å². The molecule has 2 fully saturated rings. The number of amides is 3. The van der Waals surface area contributed by atoms with Crippen LogP contribution >= 0.6 is 0 Å². The van der Waals surface area contributed by atoms with Crippen LogP contribution < -0.4 is 16.0 Å². The molecule has 0 unspecified atom stereocenters. The van der Waals surface area contributed by atoms with Crippen molar-refractivity contribution in [2.45, 2.75) is 76.3 Å². The van der Waals surface area contributed by atoms with Crippen LogP contribution in [-0.2, 0) is 14.4 Å². The van der Waals surface area contributed by atoms with Gasteiger partial charge in [-0.05, 0) is 38.5 Å². The van der Waals surface area contributed by atoms with Gasteiger partial charge in [-0.2, -0.15) is 0 Å². The van der Waals surface area contributed by atoms with E-state index in [1.165, 1.54) is 6.92 Å². The third-order valence-electron chi connectivity index (χ3n) is 5.24. The maximum absolute atomic E-state index is 12.8. The molecule has 23 heavy (non-hydrogen) atoms. The van der Waals surface area contributed by atoms with E-state index in [-0.39, 0.29) is 29.7 Å². The first-order valence-electron chi connectivity index (χ1n) is 8.78. The van der Waals surface area contributed by atoms with Crippen molar-refractivity contribution in [3.8, 4) is 0 Å². The zero-order valence-electron chi connectivity index (χ0n) is 14.2. The number of carbonyl (C=O) groups excluding carboxylic acids is 3. The second kappa shape index (κ2) is 7.79. The van der Waals surface area contributed by atoms with Gasteiger partial charge in [-0.25, -0.2) is 0 Å². The van der Waals surface area contributed by atoms with E-state index in [1.54, 1.807) is 7.05 Å². The van der Waals surface area contributed by atoms with Crippen LogP contribution in [0.3, 0.4) is 0 Å². The van der Waals surface area contributed by atoms with E-state index < -0.39 is 5.54 Å². The van der Waals surface area contributed by atoms with Crippen molar-refractivity contribution in [2.75, 3.05) is 7.05 Å². The minimum atomic E-state index is -0.734. The van der Waals surface area contributed by atoms with Crippen LogP contribution in [-0.4, -0.2) is 36.3 Å². The summed E-state index contributed by atoms with van der Waals surface area (Å²) in [4.78, 5) is 36.0. The second-order valence-electron chi connectivity index (χ2n) is 6.96. The van der Waals surface area contributed by atoms with Gasteiger partial charge in [0.25, 0.3) is 0 Å². The van der Waals surface area contributed by atoms with E-state index >= 15 is 0 Å². The predicted octanol–water partition coefficient (Wildman–Crippen LogP) is 1.25. The van der Waals surface area contributed by atoms with Gasteiger partial charge in [0, 0.05) is 25.9 Å². The van der Waals surface area contributed by atoms with Crippen LogP contribution in [0.25, 0.3) is 0 Å². The summed E-state index contributed by atoms with van der Waals surface area (Å²) >= 11 is 0. The van der Waals surface area contributed by atoms with Crippen molar-refractivity contribution < 1.29 is 14.4 Å². The quantitative estimate of drug-likeness (QED) is 0.727. The lowest BCUT2D eigenvalue weighted by Gasteiger charge is -2.38. The molecule has 6 nitrogen and oxygen atoms in total. The van der Waals surface area contributed by atoms with Crippen molar-refractivity contribution in [3.63, 3.8) is 0 Å². The summed E-state index contributed by atoms with van der Waals surface area (Å²) in [6, 6.07) is 0.107. The molecule has 0 radical (unpaired) electrons. The second-order valence-corrected chi connectivity index (χ2v) is 6.96. The lowest BCUT2D eigenvalue weighted by molar-refractivity contribution is -0.135. The molecule has 6 heteroatoms. The Morgan fingerprint density at radius 3 is 2.09 bits per heavy atom. The number of hydrogen-bond acceptors (Lipinski definition) is 3. The molecule has 0 atom stereocenters. The summed E-state index contributed by atoms with van der Waals surface area (Å²) in [5.41, 5.74) is -0.734. The first-order chi connectivity index (χ1) is 11.0. The summed E-state index contributed by atoms with van der Waals surface area (Å²) in [7, 11) is 1.66. The summed E-state index contributed by atoms with van der Waals surface area (Å²) in [5.74, 6) is -0.0370. The lowest BCUT2D eigenvalue weighted by atomic mass is 9.79. The summed E-state index contributed by atoms with van der Waals surface area (Å²) in [5, 5.41) is 8.73. The molecule has 2 saturated carbocycles. The first kappa shape index (κ1) is 17.8. The number of nitrogens with one attached hydrogen (secondary N) is 3. The lowest BCUT2D eigenvalue weighted by Crippen LogP contribution is -2.61. The molecule has 0 aromatic heterocycles. The standard InChI is InChI=1S/C17H29N3O3/c1-12(21)20-17(10-4-3-5-11-17)16(23)19-14-8-6-13(7-9-14)15(22)18-2/h13-14H,3-11H2,1-2H3,(H,18,22)(H,19,23)(H,20,21). The van der Waals surface area contributed by atoms with E-state index in [0.717, 1.165) is 44.9 Å². The molecular weight excluding hydrogens is 294 g/mol. The number of carbonyl (C=O) groups is 3. The van der Waals surface area contributed by atoms with Crippen LogP contribution in [0.15, 0.2) is 0 Å². The fourth-order valence-corrected chi connectivity index (χ4v) is 3.93. The molecular formula is C17H29N3O3. The highest BCUT2D eigenvalue weighted by atomic mass is 16.2. The van der Waals surface area contributed by atoms with E-state index in [9.17, 15) is 14.4 Å². The SMILES string of the molecule is CNC(=O)C1CCC(NC(=O)C2(NC(C)=O)CCCCC2)CC1. The van der Waals surface area contributed by atoms with Gasteiger partial charge in [-0.1, -0.05) is 19.3 Å². The number of rotatable bonds is 4. The maximum Gasteiger partial charge on any atom is 0.245 e. The van der Waals surface area contributed by atoms with Crippen LogP contribution in [0.1, 0.15) is 64.7 Å². The van der Waals surface area contributed by atoms with Crippen molar-refractivity contribution in [1.82, 2.24) is 16.0 Å². The van der Waals surface area contributed by atoms with Crippen molar-refractivity contribution in [2.24, 2.45) is 5.92 Å². The van der Waals surface area contributed by atoms with Crippen LogP contribution in [0.2, 0.25) is 0 Å². The Kier molecular flexibility index (Phi) is 6.02. The average Bonchev–Trinajstić information content (AvgIpc) is 2.55. The molecule has 2 aliphatic rings. The predicted molar refractivity (Wildman–Crippen MR) is 87.6 cm³/mol. The van der Waals surface area contributed by atoms with Crippen LogP contribution in [0, 0.1) is 5.92 Å². The van der Waals surface area contributed by atoms with E-state index in [0.29, 0.717) is 12.8 Å². The van der Waals surface area contributed by atoms with Gasteiger partial charge in [0.05, 0.1) is 0 Å². The largest absolute Gasteiger partial charge is 0.359 e.